The fourth-order valence-corrected chi connectivity index (χ4v) is 7.33. The molecule has 2 heterocycles. The summed E-state index contributed by atoms with van der Waals surface area (Å²) in [6.45, 7) is 0. The van der Waals surface area contributed by atoms with E-state index < -0.39 is 0 Å². The number of anilines is 2. The first kappa shape index (κ1) is 24.9. The third-order valence-corrected chi connectivity index (χ3v) is 9.30. The lowest BCUT2D eigenvalue weighted by molar-refractivity contribution is 0.836. The summed E-state index contributed by atoms with van der Waals surface area (Å²) in [5.74, 6) is 0. The number of aromatic nitrogens is 1. The van der Waals surface area contributed by atoms with Crippen molar-refractivity contribution in [2.24, 2.45) is 0 Å². The van der Waals surface area contributed by atoms with Gasteiger partial charge in [0, 0.05) is 38.8 Å². The van der Waals surface area contributed by atoms with Crippen LogP contribution in [-0.2, 0) is 0 Å². The lowest BCUT2D eigenvalue weighted by Crippen LogP contribution is -2.40. The minimum Gasteiger partial charge on any atom is -0.333 e. The van der Waals surface area contributed by atoms with Gasteiger partial charge in [0.25, 0.3) is 0 Å². The summed E-state index contributed by atoms with van der Waals surface area (Å²) in [6.07, 6.45) is 3.43. The molecule has 7 aromatic rings. The molecule has 9 rings (SSSR count). The van der Waals surface area contributed by atoms with Crippen LogP contribution in [0.5, 0.6) is 0 Å². The first-order valence-corrected chi connectivity index (χ1v) is 15.4. The number of nitrogens with zero attached hydrogens (tertiary/aromatic N) is 2. The molecule has 2 heteroatoms. The van der Waals surface area contributed by atoms with Crippen molar-refractivity contribution in [3.8, 4) is 27.9 Å². The fraction of sp³-hybridized carbons (Fsp3) is 0.0476. The van der Waals surface area contributed by atoms with E-state index in [-0.39, 0.29) is 6.04 Å². The smallest absolute Gasteiger partial charge is 0.0654 e. The van der Waals surface area contributed by atoms with Crippen LogP contribution in [0.1, 0.15) is 12.0 Å². The van der Waals surface area contributed by atoms with Crippen LogP contribution < -0.4 is 15.5 Å². The van der Waals surface area contributed by atoms with E-state index in [1.54, 1.807) is 0 Å². The second-order valence-corrected chi connectivity index (χ2v) is 11.7. The molecule has 1 aliphatic carbocycles. The predicted molar refractivity (Wildman–Crippen MR) is 184 cm³/mol. The maximum absolute atomic E-state index is 2.55. The van der Waals surface area contributed by atoms with Gasteiger partial charge in [-0.05, 0) is 65.1 Å². The molecular formula is C42H30N2. The van der Waals surface area contributed by atoms with E-state index in [0.717, 1.165) is 6.42 Å². The van der Waals surface area contributed by atoms with Gasteiger partial charge >= 0.3 is 0 Å². The molecule has 2 aliphatic rings. The molecule has 0 fully saturated rings. The van der Waals surface area contributed by atoms with Crippen LogP contribution in [0.25, 0.3) is 50.5 Å². The van der Waals surface area contributed by atoms with Gasteiger partial charge in [0.1, 0.15) is 0 Å². The van der Waals surface area contributed by atoms with Crippen molar-refractivity contribution < 1.29 is 0 Å². The lowest BCUT2D eigenvalue weighted by Gasteiger charge is -2.29. The van der Waals surface area contributed by atoms with Gasteiger partial charge in [-0.3, -0.25) is 0 Å². The van der Waals surface area contributed by atoms with Crippen LogP contribution >= 0.6 is 0 Å². The number of fused-ring (bicyclic) bond motifs is 6. The highest BCUT2D eigenvalue weighted by atomic mass is 15.2. The topological polar surface area (TPSA) is 8.17 Å². The summed E-state index contributed by atoms with van der Waals surface area (Å²) < 4.78 is 2.50. The molecule has 0 radical (unpaired) electrons. The zero-order chi connectivity index (χ0) is 29.0. The average molecular weight is 563 g/mol. The second-order valence-electron chi connectivity index (χ2n) is 11.7. The molecule has 1 aliphatic heterocycles. The molecule has 0 amide bonds. The third kappa shape index (κ3) is 3.81. The maximum Gasteiger partial charge on any atom is 0.0654 e. The Morgan fingerprint density at radius 2 is 1.02 bits per heavy atom. The third-order valence-electron chi connectivity index (χ3n) is 9.30. The minimum atomic E-state index is 0.217. The van der Waals surface area contributed by atoms with Gasteiger partial charge in [0.15, 0.2) is 0 Å². The molecule has 44 heavy (non-hydrogen) atoms. The van der Waals surface area contributed by atoms with E-state index in [0.29, 0.717) is 0 Å². The van der Waals surface area contributed by atoms with Crippen LogP contribution in [0.2, 0.25) is 0 Å². The molecule has 0 saturated carbocycles. The van der Waals surface area contributed by atoms with E-state index in [4.69, 9.17) is 0 Å². The standard InChI is InChI=1S/C42H30N2/c1-3-11-29(12-4-1)31-19-23-33(24-20-31)43-39-18-10-8-16-37(39)41-40(43)28-27-36-35-15-7-9-17-38(35)44(42(36)41)34-25-21-32(22-26-34)30-13-5-2-6-14-30/h1-27,40H,28H2. The van der Waals surface area contributed by atoms with Crippen LogP contribution in [-0.4, -0.2) is 10.6 Å². The average Bonchev–Trinajstić information content (AvgIpc) is 3.62. The Labute approximate surface area is 257 Å². The van der Waals surface area contributed by atoms with Gasteiger partial charge in [-0.2, -0.15) is 0 Å². The van der Waals surface area contributed by atoms with Crippen LogP contribution in [0.15, 0.2) is 158 Å². The fourth-order valence-electron chi connectivity index (χ4n) is 7.33. The van der Waals surface area contributed by atoms with Gasteiger partial charge in [-0.1, -0.05) is 127 Å². The highest BCUT2D eigenvalue weighted by Gasteiger charge is 2.37. The Morgan fingerprint density at radius 3 is 1.70 bits per heavy atom. The summed E-state index contributed by atoms with van der Waals surface area (Å²) in [6, 6.07) is 57.4. The van der Waals surface area contributed by atoms with Crippen molar-refractivity contribution in [1.29, 1.82) is 0 Å². The van der Waals surface area contributed by atoms with E-state index in [1.807, 2.05) is 0 Å². The summed E-state index contributed by atoms with van der Waals surface area (Å²) in [4.78, 5) is 2.55. The normalized spacial score (nSPS) is 15.0. The zero-order valence-electron chi connectivity index (χ0n) is 24.3. The molecule has 1 atom stereocenters. The van der Waals surface area contributed by atoms with Crippen molar-refractivity contribution in [3.63, 3.8) is 0 Å². The number of hydrogen-bond donors (Lipinski definition) is 0. The quantitative estimate of drug-likeness (QED) is 0.208. The lowest BCUT2D eigenvalue weighted by atomic mass is 9.94. The van der Waals surface area contributed by atoms with Gasteiger partial charge < -0.3 is 9.47 Å². The van der Waals surface area contributed by atoms with E-state index in [1.165, 1.54) is 71.9 Å². The predicted octanol–water partition coefficient (Wildman–Crippen LogP) is 8.87. The molecule has 208 valence electrons. The Balaban J connectivity index is 1.25. The zero-order valence-corrected chi connectivity index (χ0v) is 24.3. The van der Waals surface area contributed by atoms with Gasteiger partial charge in [0.2, 0.25) is 0 Å². The summed E-state index contributed by atoms with van der Waals surface area (Å²) in [5.41, 5.74) is 12.6. The Morgan fingerprint density at radius 1 is 0.477 bits per heavy atom. The largest absolute Gasteiger partial charge is 0.333 e. The Hall–Kier alpha value is -5.60. The summed E-state index contributed by atoms with van der Waals surface area (Å²) in [7, 11) is 0. The number of benzene rings is 6. The number of para-hydroxylation sites is 2. The first-order valence-electron chi connectivity index (χ1n) is 15.4. The monoisotopic (exact) mass is 562 g/mol. The van der Waals surface area contributed by atoms with Crippen molar-refractivity contribution in [2.45, 2.75) is 12.5 Å². The summed E-state index contributed by atoms with van der Waals surface area (Å²) in [5, 5.41) is 3.96. The number of hydrogen-bond acceptors (Lipinski definition) is 1. The van der Waals surface area contributed by atoms with E-state index in [2.05, 4.69) is 173 Å². The molecule has 1 unspecified atom stereocenters. The first-order chi connectivity index (χ1) is 21.8. The minimum absolute atomic E-state index is 0.217. The molecule has 0 saturated heterocycles. The van der Waals surface area contributed by atoms with Crippen molar-refractivity contribution in [3.05, 3.63) is 174 Å². The van der Waals surface area contributed by atoms with Crippen LogP contribution in [0.3, 0.4) is 0 Å². The molecule has 0 N–H and O–H groups in total. The van der Waals surface area contributed by atoms with Crippen LogP contribution in [0, 0.1) is 0 Å². The van der Waals surface area contributed by atoms with Crippen molar-refractivity contribution in [1.82, 2.24) is 4.57 Å². The van der Waals surface area contributed by atoms with Gasteiger partial charge in [-0.25, -0.2) is 0 Å². The molecule has 0 spiro atoms. The van der Waals surface area contributed by atoms with Crippen molar-refractivity contribution >= 4 is 33.9 Å². The molecule has 6 aromatic carbocycles. The van der Waals surface area contributed by atoms with E-state index in [9.17, 15) is 0 Å². The van der Waals surface area contributed by atoms with Crippen LogP contribution in [0.4, 0.5) is 11.4 Å². The van der Waals surface area contributed by atoms with Crippen molar-refractivity contribution in [2.75, 3.05) is 4.90 Å². The molecule has 2 nitrogen and oxygen atoms in total. The highest BCUT2D eigenvalue weighted by molar-refractivity contribution is 5.96. The summed E-state index contributed by atoms with van der Waals surface area (Å²) >= 11 is 0. The second kappa shape index (κ2) is 10.00. The van der Waals surface area contributed by atoms with Gasteiger partial charge in [0.05, 0.1) is 16.9 Å². The number of rotatable bonds is 4. The highest BCUT2D eigenvalue weighted by Crippen LogP contribution is 2.46. The molecule has 0 bridgehead atoms. The Kier molecular flexibility index (Phi) is 5.67. The van der Waals surface area contributed by atoms with Gasteiger partial charge in [-0.15, -0.1) is 0 Å². The Bertz CT molecular complexity index is 2280. The maximum atomic E-state index is 2.55. The SMILES string of the molecule is C1=c2c(n(-c3ccc(-c4ccccc4)cc3)c3ccccc23)=C2c3ccccc3N(c3ccc(-c4ccccc4)cc3)C2C1. The molecular weight excluding hydrogens is 532 g/mol. The molecule has 1 aromatic heterocycles. The van der Waals surface area contributed by atoms with E-state index >= 15 is 0 Å².